The fourth-order valence-corrected chi connectivity index (χ4v) is 1.96. The van der Waals surface area contributed by atoms with Gasteiger partial charge < -0.3 is 4.90 Å². The second-order valence-electron chi connectivity index (χ2n) is 4.22. The monoisotopic (exact) mass is 213 g/mol. The predicted molar refractivity (Wildman–Crippen MR) is 70.0 cm³/mol. The molecule has 1 aromatic rings. The van der Waals surface area contributed by atoms with Gasteiger partial charge in [0.1, 0.15) is 0 Å². The fraction of sp³-hybridized carbons (Fsp3) is 0.333. The molecule has 1 aliphatic rings. The Morgan fingerprint density at radius 2 is 2.00 bits per heavy atom. The molecule has 0 atom stereocenters. The molecule has 84 valence electrons. The van der Waals surface area contributed by atoms with Gasteiger partial charge in [-0.15, -0.1) is 0 Å². The van der Waals surface area contributed by atoms with Crippen LogP contribution >= 0.6 is 0 Å². The van der Waals surface area contributed by atoms with Crippen molar-refractivity contribution in [3.8, 4) is 0 Å². The van der Waals surface area contributed by atoms with E-state index < -0.39 is 0 Å². The Hall–Kier alpha value is -1.50. The summed E-state index contributed by atoms with van der Waals surface area (Å²) in [5.74, 6) is 0. The third-order valence-corrected chi connectivity index (χ3v) is 2.91. The van der Waals surface area contributed by atoms with E-state index in [1.165, 1.54) is 24.0 Å². The Morgan fingerprint density at radius 3 is 2.75 bits per heavy atom. The third kappa shape index (κ3) is 2.75. The van der Waals surface area contributed by atoms with Crippen LogP contribution in [0.1, 0.15) is 25.3 Å². The van der Waals surface area contributed by atoms with Crippen molar-refractivity contribution in [2.45, 2.75) is 19.8 Å². The number of nitrogens with zero attached hydrogens (tertiary/aromatic N) is 1. The second kappa shape index (κ2) is 5.55. The molecule has 1 aromatic carbocycles. The molecular weight excluding hydrogens is 194 g/mol. The van der Waals surface area contributed by atoms with E-state index in [4.69, 9.17) is 0 Å². The molecule has 0 unspecified atom stereocenters. The molecule has 1 heteroatoms. The fourth-order valence-electron chi connectivity index (χ4n) is 1.96. The van der Waals surface area contributed by atoms with E-state index in [1.54, 1.807) is 0 Å². The molecule has 0 saturated heterocycles. The summed E-state index contributed by atoms with van der Waals surface area (Å²) in [4.78, 5) is 2.39. The minimum atomic E-state index is 1.04. The standard InChI is InChI=1S/C15H19N/c1-2-3-11-16-12-7-10-15(13-16)14-8-5-4-6-9-14/h4-10,12H,2-3,11,13H2,1H3. The molecule has 0 saturated carbocycles. The van der Waals surface area contributed by atoms with Crippen LogP contribution in [0.4, 0.5) is 0 Å². The van der Waals surface area contributed by atoms with Gasteiger partial charge in [0.2, 0.25) is 0 Å². The lowest BCUT2D eigenvalue weighted by atomic mass is 10.0. The van der Waals surface area contributed by atoms with E-state index in [2.05, 4.69) is 60.5 Å². The van der Waals surface area contributed by atoms with Crippen molar-refractivity contribution in [1.29, 1.82) is 0 Å². The quantitative estimate of drug-likeness (QED) is 0.737. The Labute approximate surface area is 98.1 Å². The van der Waals surface area contributed by atoms with Gasteiger partial charge in [0.15, 0.2) is 0 Å². The van der Waals surface area contributed by atoms with Gasteiger partial charge in [0, 0.05) is 13.1 Å². The Bertz CT molecular complexity index is 376. The van der Waals surface area contributed by atoms with E-state index >= 15 is 0 Å². The highest BCUT2D eigenvalue weighted by Crippen LogP contribution is 2.19. The average molecular weight is 213 g/mol. The molecule has 0 radical (unpaired) electrons. The highest BCUT2D eigenvalue weighted by atomic mass is 15.1. The summed E-state index contributed by atoms with van der Waals surface area (Å²) in [5, 5.41) is 0. The summed E-state index contributed by atoms with van der Waals surface area (Å²) in [6, 6.07) is 10.6. The first-order valence-corrected chi connectivity index (χ1v) is 6.07. The molecule has 0 fully saturated rings. The van der Waals surface area contributed by atoms with Gasteiger partial charge in [-0.2, -0.15) is 0 Å². The molecule has 0 spiro atoms. The summed E-state index contributed by atoms with van der Waals surface area (Å²) < 4.78 is 0. The molecule has 2 rings (SSSR count). The molecular formula is C15H19N. The van der Waals surface area contributed by atoms with Crippen LogP contribution in [0.15, 0.2) is 48.7 Å². The minimum absolute atomic E-state index is 1.04. The molecule has 1 nitrogen and oxygen atoms in total. The summed E-state index contributed by atoms with van der Waals surface area (Å²) in [6.45, 7) is 4.44. The van der Waals surface area contributed by atoms with Crippen molar-refractivity contribution < 1.29 is 0 Å². The molecule has 1 aliphatic heterocycles. The zero-order valence-electron chi connectivity index (χ0n) is 9.89. The van der Waals surface area contributed by atoms with Gasteiger partial charge in [0.25, 0.3) is 0 Å². The van der Waals surface area contributed by atoms with Crippen LogP contribution in [0.3, 0.4) is 0 Å². The van der Waals surface area contributed by atoms with Crippen molar-refractivity contribution in [3.05, 3.63) is 54.2 Å². The lowest BCUT2D eigenvalue weighted by Crippen LogP contribution is -2.22. The molecule has 0 bridgehead atoms. The average Bonchev–Trinajstić information content (AvgIpc) is 2.38. The summed E-state index contributed by atoms with van der Waals surface area (Å²) in [6.07, 6.45) is 9.10. The smallest absolute Gasteiger partial charge is 0.0429 e. The van der Waals surface area contributed by atoms with Gasteiger partial charge in [-0.25, -0.2) is 0 Å². The number of hydrogen-bond donors (Lipinski definition) is 0. The van der Waals surface area contributed by atoms with Gasteiger partial charge in [-0.3, -0.25) is 0 Å². The molecule has 0 amide bonds. The molecule has 0 aliphatic carbocycles. The predicted octanol–water partition coefficient (Wildman–Crippen LogP) is 3.70. The lowest BCUT2D eigenvalue weighted by molar-refractivity contribution is 0.406. The zero-order valence-corrected chi connectivity index (χ0v) is 9.89. The van der Waals surface area contributed by atoms with Gasteiger partial charge >= 0.3 is 0 Å². The maximum atomic E-state index is 2.39. The van der Waals surface area contributed by atoms with Crippen LogP contribution in [0, 0.1) is 0 Å². The Balaban J connectivity index is 2.03. The number of unbranched alkanes of at least 4 members (excludes halogenated alkanes) is 1. The Morgan fingerprint density at radius 1 is 1.19 bits per heavy atom. The maximum Gasteiger partial charge on any atom is 0.0429 e. The Kier molecular flexibility index (Phi) is 3.81. The minimum Gasteiger partial charge on any atom is -0.373 e. The highest BCUT2D eigenvalue weighted by Gasteiger charge is 2.08. The van der Waals surface area contributed by atoms with Crippen LogP contribution in [0.5, 0.6) is 0 Å². The first kappa shape index (κ1) is 11.0. The van der Waals surface area contributed by atoms with E-state index in [-0.39, 0.29) is 0 Å². The van der Waals surface area contributed by atoms with E-state index in [9.17, 15) is 0 Å². The zero-order chi connectivity index (χ0) is 11.2. The topological polar surface area (TPSA) is 3.24 Å². The molecule has 0 aromatic heterocycles. The second-order valence-corrected chi connectivity index (χ2v) is 4.22. The van der Waals surface area contributed by atoms with Gasteiger partial charge in [-0.05, 0) is 29.8 Å². The van der Waals surface area contributed by atoms with Crippen molar-refractivity contribution in [2.75, 3.05) is 13.1 Å². The van der Waals surface area contributed by atoms with Crippen molar-refractivity contribution in [2.24, 2.45) is 0 Å². The van der Waals surface area contributed by atoms with Gasteiger partial charge in [0.05, 0.1) is 0 Å². The molecule has 0 N–H and O–H groups in total. The van der Waals surface area contributed by atoms with Crippen LogP contribution in [0.25, 0.3) is 5.57 Å². The maximum absolute atomic E-state index is 2.39. The van der Waals surface area contributed by atoms with Crippen LogP contribution in [-0.4, -0.2) is 18.0 Å². The van der Waals surface area contributed by atoms with E-state index in [1.807, 2.05) is 0 Å². The number of hydrogen-bond acceptors (Lipinski definition) is 1. The summed E-state index contributed by atoms with van der Waals surface area (Å²) >= 11 is 0. The van der Waals surface area contributed by atoms with Crippen molar-refractivity contribution in [3.63, 3.8) is 0 Å². The van der Waals surface area contributed by atoms with Crippen molar-refractivity contribution in [1.82, 2.24) is 4.90 Å². The van der Waals surface area contributed by atoms with E-state index in [0.29, 0.717) is 0 Å². The van der Waals surface area contributed by atoms with Crippen LogP contribution in [-0.2, 0) is 0 Å². The van der Waals surface area contributed by atoms with E-state index in [0.717, 1.165) is 13.1 Å². The third-order valence-electron chi connectivity index (χ3n) is 2.91. The molecule has 1 heterocycles. The van der Waals surface area contributed by atoms with Crippen molar-refractivity contribution >= 4 is 5.57 Å². The van der Waals surface area contributed by atoms with Crippen LogP contribution < -0.4 is 0 Å². The number of rotatable bonds is 4. The van der Waals surface area contributed by atoms with Gasteiger partial charge in [-0.1, -0.05) is 49.8 Å². The number of benzene rings is 1. The molecule has 16 heavy (non-hydrogen) atoms. The summed E-state index contributed by atoms with van der Waals surface area (Å²) in [5.41, 5.74) is 2.76. The normalized spacial score (nSPS) is 15.1. The SMILES string of the molecule is CCCCN1C=CC=C(c2ccccc2)C1. The number of allylic oxidation sites excluding steroid dienone is 2. The largest absolute Gasteiger partial charge is 0.373 e. The first-order chi connectivity index (χ1) is 7.90. The van der Waals surface area contributed by atoms with Crippen LogP contribution in [0.2, 0.25) is 0 Å². The lowest BCUT2D eigenvalue weighted by Gasteiger charge is -2.24. The first-order valence-electron chi connectivity index (χ1n) is 6.07. The summed E-state index contributed by atoms with van der Waals surface area (Å²) in [7, 11) is 0. The highest BCUT2D eigenvalue weighted by molar-refractivity contribution is 5.69.